The first-order valence-corrected chi connectivity index (χ1v) is 8.90. The molecular weight excluding hydrogens is 328 g/mol. The molecule has 1 aliphatic heterocycles. The van der Waals surface area contributed by atoms with E-state index in [2.05, 4.69) is 27.0 Å². The SMILES string of the molecule is COc1ccc2nc(N3CCCC(COc4cnccn4)C3)ccc2c1. The average Bonchev–Trinajstić information content (AvgIpc) is 2.72. The smallest absolute Gasteiger partial charge is 0.232 e. The van der Waals surface area contributed by atoms with Crippen molar-refractivity contribution < 1.29 is 9.47 Å². The number of methoxy groups -OCH3 is 1. The van der Waals surface area contributed by atoms with Gasteiger partial charge in [-0.1, -0.05) is 0 Å². The molecule has 6 heteroatoms. The molecule has 1 atom stereocenters. The first kappa shape index (κ1) is 16.6. The van der Waals surface area contributed by atoms with Crippen LogP contribution in [-0.4, -0.2) is 41.8 Å². The lowest BCUT2D eigenvalue weighted by Gasteiger charge is -2.33. The summed E-state index contributed by atoms with van der Waals surface area (Å²) in [5.74, 6) is 2.92. The molecule has 1 aromatic carbocycles. The number of ether oxygens (including phenoxy) is 2. The number of benzene rings is 1. The molecule has 1 saturated heterocycles. The monoisotopic (exact) mass is 350 g/mol. The topological polar surface area (TPSA) is 60.4 Å². The fourth-order valence-corrected chi connectivity index (χ4v) is 3.37. The number of hydrogen-bond donors (Lipinski definition) is 0. The van der Waals surface area contributed by atoms with Crippen molar-refractivity contribution in [2.24, 2.45) is 5.92 Å². The highest BCUT2D eigenvalue weighted by Crippen LogP contribution is 2.26. The Kier molecular flexibility index (Phi) is 4.82. The molecule has 4 rings (SSSR count). The Bertz CT molecular complexity index is 872. The third-order valence-corrected chi connectivity index (χ3v) is 4.73. The van der Waals surface area contributed by atoms with E-state index < -0.39 is 0 Å². The van der Waals surface area contributed by atoms with Gasteiger partial charge in [-0.3, -0.25) is 4.98 Å². The van der Waals surface area contributed by atoms with Gasteiger partial charge in [0.25, 0.3) is 0 Å². The first-order valence-electron chi connectivity index (χ1n) is 8.90. The van der Waals surface area contributed by atoms with Crippen molar-refractivity contribution in [2.45, 2.75) is 12.8 Å². The molecule has 0 bridgehead atoms. The van der Waals surface area contributed by atoms with E-state index in [4.69, 9.17) is 14.5 Å². The maximum atomic E-state index is 5.79. The van der Waals surface area contributed by atoms with Crippen molar-refractivity contribution in [2.75, 3.05) is 31.7 Å². The standard InChI is InChI=1S/C20H22N4O2/c1-25-17-5-6-18-16(11-17)4-7-19(23-18)24-10-2-3-15(13-24)14-26-20-12-21-8-9-22-20/h4-9,11-12,15H,2-3,10,13-14H2,1H3. The number of hydrogen-bond acceptors (Lipinski definition) is 6. The van der Waals surface area contributed by atoms with Gasteiger partial charge in [-0.25, -0.2) is 9.97 Å². The summed E-state index contributed by atoms with van der Waals surface area (Å²) in [6, 6.07) is 10.2. The molecule has 3 heterocycles. The van der Waals surface area contributed by atoms with Gasteiger partial charge in [0.15, 0.2) is 0 Å². The van der Waals surface area contributed by atoms with Crippen LogP contribution in [0.15, 0.2) is 48.9 Å². The Labute approximate surface area is 152 Å². The molecule has 1 aliphatic rings. The minimum atomic E-state index is 0.458. The van der Waals surface area contributed by atoms with Gasteiger partial charge < -0.3 is 14.4 Å². The Hall–Kier alpha value is -2.89. The summed E-state index contributed by atoms with van der Waals surface area (Å²) in [5.41, 5.74) is 0.987. The second kappa shape index (κ2) is 7.56. The largest absolute Gasteiger partial charge is 0.497 e. The Morgan fingerprint density at radius 2 is 2.15 bits per heavy atom. The highest BCUT2D eigenvalue weighted by molar-refractivity contribution is 5.81. The third-order valence-electron chi connectivity index (χ3n) is 4.73. The van der Waals surface area contributed by atoms with Gasteiger partial charge in [0.05, 0.1) is 25.4 Å². The van der Waals surface area contributed by atoms with Crippen molar-refractivity contribution in [1.82, 2.24) is 15.0 Å². The number of anilines is 1. The van der Waals surface area contributed by atoms with Crippen molar-refractivity contribution in [1.29, 1.82) is 0 Å². The summed E-state index contributed by atoms with van der Waals surface area (Å²) in [6.07, 6.45) is 7.24. The van der Waals surface area contributed by atoms with Crippen molar-refractivity contribution in [3.63, 3.8) is 0 Å². The molecule has 3 aromatic rings. The zero-order valence-electron chi connectivity index (χ0n) is 14.8. The number of piperidine rings is 1. The fourth-order valence-electron chi connectivity index (χ4n) is 3.37. The number of pyridine rings is 1. The van der Waals surface area contributed by atoms with Crippen LogP contribution >= 0.6 is 0 Å². The van der Waals surface area contributed by atoms with E-state index in [0.717, 1.165) is 48.4 Å². The van der Waals surface area contributed by atoms with Gasteiger partial charge in [-0.15, -0.1) is 0 Å². The third kappa shape index (κ3) is 3.69. The number of nitrogens with zero attached hydrogens (tertiary/aromatic N) is 4. The lowest BCUT2D eigenvalue weighted by molar-refractivity contribution is 0.221. The molecule has 26 heavy (non-hydrogen) atoms. The Balaban J connectivity index is 1.44. The van der Waals surface area contributed by atoms with Crippen LogP contribution in [0.3, 0.4) is 0 Å². The summed E-state index contributed by atoms with van der Waals surface area (Å²) >= 11 is 0. The summed E-state index contributed by atoms with van der Waals surface area (Å²) in [5, 5.41) is 1.09. The van der Waals surface area contributed by atoms with Gasteiger partial charge in [-0.2, -0.15) is 0 Å². The summed E-state index contributed by atoms with van der Waals surface area (Å²) in [7, 11) is 1.68. The van der Waals surface area contributed by atoms with E-state index in [0.29, 0.717) is 18.4 Å². The van der Waals surface area contributed by atoms with Gasteiger partial charge in [0.2, 0.25) is 5.88 Å². The Morgan fingerprint density at radius 3 is 3.00 bits per heavy atom. The normalized spacial score (nSPS) is 17.3. The van der Waals surface area contributed by atoms with Crippen molar-refractivity contribution in [3.8, 4) is 11.6 Å². The van der Waals surface area contributed by atoms with Crippen LogP contribution in [0.2, 0.25) is 0 Å². The van der Waals surface area contributed by atoms with Gasteiger partial charge >= 0.3 is 0 Å². The molecule has 6 nitrogen and oxygen atoms in total. The van der Waals surface area contributed by atoms with E-state index in [-0.39, 0.29) is 0 Å². The highest BCUT2D eigenvalue weighted by atomic mass is 16.5. The molecule has 0 radical (unpaired) electrons. The van der Waals surface area contributed by atoms with E-state index in [9.17, 15) is 0 Å². The minimum absolute atomic E-state index is 0.458. The molecule has 0 amide bonds. The predicted molar refractivity (Wildman–Crippen MR) is 101 cm³/mol. The molecule has 0 spiro atoms. The maximum absolute atomic E-state index is 5.79. The zero-order valence-corrected chi connectivity index (χ0v) is 14.8. The van der Waals surface area contributed by atoms with Crippen LogP contribution in [0.25, 0.3) is 10.9 Å². The average molecular weight is 350 g/mol. The second-order valence-corrected chi connectivity index (χ2v) is 6.54. The molecule has 134 valence electrons. The molecule has 0 aliphatic carbocycles. The Morgan fingerprint density at radius 1 is 1.19 bits per heavy atom. The van der Waals surface area contributed by atoms with E-state index >= 15 is 0 Å². The van der Waals surface area contributed by atoms with E-state index in [1.807, 2.05) is 18.2 Å². The summed E-state index contributed by atoms with van der Waals surface area (Å²) < 4.78 is 11.1. The number of fused-ring (bicyclic) bond motifs is 1. The maximum Gasteiger partial charge on any atom is 0.232 e. The van der Waals surface area contributed by atoms with Gasteiger partial charge in [0, 0.05) is 36.8 Å². The van der Waals surface area contributed by atoms with Gasteiger partial charge in [-0.05, 0) is 43.2 Å². The lowest BCUT2D eigenvalue weighted by atomic mass is 9.99. The van der Waals surface area contributed by atoms with Crippen LogP contribution in [0.1, 0.15) is 12.8 Å². The van der Waals surface area contributed by atoms with Crippen molar-refractivity contribution in [3.05, 3.63) is 48.9 Å². The van der Waals surface area contributed by atoms with Crippen molar-refractivity contribution >= 4 is 16.7 Å². The summed E-state index contributed by atoms with van der Waals surface area (Å²) in [4.78, 5) is 15.4. The van der Waals surface area contributed by atoms with Gasteiger partial charge in [0.1, 0.15) is 11.6 Å². The molecule has 2 aromatic heterocycles. The quantitative estimate of drug-likeness (QED) is 0.703. The number of aromatic nitrogens is 3. The van der Waals surface area contributed by atoms with Crippen LogP contribution in [-0.2, 0) is 0 Å². The van der Waals surface area contributed by atoms with Crippen LogP contribution in [0.5, 0.6) is 11.6 Å². The van der Waals surface area contributed by atoms with E-state index in [1.165, 1.54) is 0 Å². The molecular formula is C20H22N4O2. The molecule has 1 unspecified atom stereocenters. The highest BCUT2D eigenvalue weighted by Gasteiger charge is 2.22. The molecule has 1 fully saturated rings. The van der Waals surface area contributed by atoms with E-state index in [1.54, 1.807) is 25.7 Å². The number of rotatable bonds is 5. The zero-order chi connectivity index (χ0) is 17.8. The first-order chi connectivity index (χ1) is 12.8. The fraction of sp³-hybridized carbons (Fsp3) is 0.350. The van der Waals surface area contributed by atoms with Crippen LogP contribution in [0.4, 0.5) is 5.82 Å². The summed E-state index contributed by atoms with van der Waals surface area (Å²) in [6.45, 7) is 2.62. The lowest BCUT2D eigenvalue weighted by Crippen LogP contribution is -2.38. The molecule has 0 N–H and O–H groups in total. The minimum Gasteiger partial charge on any atom is -0.497 e. The predicted octanol–water partition coefficient (Wildman–Crippen LogP) is 3.33. The van der Waals surface area contributed by atoms with Crippen LogP contribution < -0.4 is 14.4 Å². The molecule has 0 saturated carbocycles. The second-order valence-electron chi connectivity index (χ2n) is 6.54. The van der Waals surface area contributed by atoms with Crippen LogP contribution in [0, 0.1) is 5.92 Å².